The van der Waals surface area contributed by atoms with Gasteiger partial charge in [0.25, 0.3) is 0 Å². The van der Waals surface area contributed by atoms with Gasteiger partial charge < -0.3 is 5.32 Å². The Balaban J connectivity index is 1.93. The van der Waals surface area contributed by atoms with Crippen LogP contribution in [0.1, 0.15) is 26.2 Å². The van der Waals surface area contributed by atoms with Crippen molar-refractivity contribution in [1.29, 1.82) is 0 Å². The second-order valence-electron chi connectivity index (χ2n) is 4.90. The third kappa shape index (κ3) is 2.12. The lowest BCUT2D eigenvalue weighted by Gasteiger charge is -2.18. The fourth-order valence-corrected chi connectivity index (χ4v) is 2.49. The minimum absolute atomic E-state index is 0.626. The Kier molecular flexibility index (Phi) is 2.71. The van der Waals surface area contributed by atoms with E-state index in [0.717, 1.165) is 5.92 Å². The average molecular weight is 226 g/mol. The number of anilines is 1. The summed E-state index contributed by atoms with van der Waals surface area (Å²) in [5, 5.41) is 6.18. The van der Waals surface area contributed by atoms with Crippen molar-refractivity contribution < 1.29 is 0 Å². The molecule has 1 saturated carbocycles. The Morgan fingerprint density at radius 3 is 3.00 bits per heavy atom. The molecule has 2 heteroatoms. The van der Waals surface area contributed by atoms with Crippen molar-refractivity contribution >= 4 is 16.5 Å². The standard InChI is InChI=1S/C15H18N2/c1-2-14(12-6-7-12)17-15-5-3-4-11-8-9-16-10-13(11)15/h3-5,8-10,12,14,17H,2,6-7H2,1H3. The van der Waals surface area contributed by atoms with Crippen LogP contribution in [0.15, 0.2) is 36.7 Å². The topological polar surface area (TPSA) is 24.9 Å². The number of fused-ring (bicyclic) bond motifs is 1. The van der Waals surface area contributed by atoms with Crippen molar-refractivity contribution in [3.8, 4) is 0 Å². The van der Waals surface area contributed by atoms with Crippen LogP contribution < -0.4 is 5.32 Å². The minimum atomic E-state index is 0.626. The third-order valence-corrected chi connectivity index (χ3v) is 3.66. The molecule has 0 saturated heterocycles. The van der Waals surface area contributed by atoms with Crippen molar-refractivity contribution in [2.45, 2.75) is 32.2 Å². The molecule has 1 N–H and O–H groups in total. The first kappa shape index (κ1) is 10.6. The van der Waals surface area contributed by atoms with Gasteiger partial charge in [-0.05, 0) is 42.7 Å². The van der Waals surface area contributed by atoms with E-state index in [0.29, 0.717) is 6.04 Å². The van der Waals surface area contributed by atoms with E-state index < -0.39 is 0 Å². The molecule has 0 radical (unpaired) electrons. The van der Waals surface area contributed by atoms with Gasteiger partial charge in [-0.2, -0.15) is 0 Å². The van der Waals surface area contributed by atoms with Gasteiger partial charge in [-0.25, -0.2) is 0 Å². The van der Waals surface area contributed by atoms with Crippen LogP contribution in [-0.4, -0.2) is 11.0 Å². The van der Waals surface area contributed by atoms with Crippen LogP contribution in [0.3, 0.4) is 0 Å². The molecule has 0 bridgehead atoms. The first-order valence-corrected chi connectivity index (χ1v) is 6.47. The highest BCUT2D eigenvalue weighted by atomic mass is 14.9. The molecule has 1 aliphatic rings. The van der Waals surface area contributed by atoms with Gasteiger partial charge in [0.15, 0.2) is 0 Å². The lowest BCUT2D eigenvalue weighted by molar-refractivity contribution is 0.617. The summed E-state index contributed by atoms with van der Waals surface area (Å²) < 4.78 is 0. The van der Waals surface area contributed by atoms with Crippen LogP contribution in [0, 0.1) is 5.92 Å². The highest BCUT2D eigenvalue weighted by Gasteiger charge is 2.29. The Morgan fingerprint density at radius 2 is 2.24 bits per heavy atom. The van der Waals surface area contributed by atoms with E-state index in [2.05, 4.69) is 41.5 Å². The predicted octanol–water partition coefficient (Wildman–Crippen LogP) is 3.84. The van der Waals surface area contributed by atoms with Crippen LogP contribution in [0.5, 0.6) is 0 Å². The number of hydrogen-bond donors (Lipinski definition) is 1. The van der Waals surface area contributed by atoms with Gasteiger partial charge in [0.1, 0.15) is 0 Å². The van der Waals surface area contributed by atoms with Crippen LogP contribution in [0.2, 0.25) is 0 Å². The van der Waals surface area contributed by atoms with Crippen molar-refractivity contribution in [3.05, 3.63) is 36.7 Å². The summed E-state index contributed by atoms with van der Waals surface area (Å²) in [6, 6.07) is 9.11. The van der Waals surface area contributed by atoms with Gasteiger partial charge >= 0.3 is 0 Å². The number of pyridine rings is 1. The lowest BCUT2D eigenvalue weighted by Crippen LogP contribution is -2.20. The van der Waals surface area contributed by atoms with Gasteiger partial charge in [0.05, 0.1) is 0 Å². The molecule has 0 aliphatic heterocycles. The zero-order valence-electron chi connectivity index (χ0n) is 10.2. The number of aromatic nitrogens is 1. The number of benzene rings is 1. The summed E-state index contributed by atoms with van der Waals surface area (Å²) in [6.07, 6.45) is 7.77. The van der Waals surface area contributed by atoms with Gasteiger partial charge in [0, 0.05) is 29.5 Å². The summed E-state index contributed by atoms with van der Waals surface area (Å²) in [5.41, 5.74) is 1.23. The molecular weight excluding hydrogens is 208 g/mol. The molecule has 1 aliphatic carbocycles. The molecule has 2 nitrogen and oxygen atoms in total. The molecule has 1 atom stereocenters. The van der Waals surface area contributed by atoms with Crippen molar-refractivity contribution in [2.24, 2.45) is 5.92 Å². The van der Waals surface area contributed by atoms with Gasteiger partial charge in [-0.15, -0.1) is 0 Å². The molecule has 1 aromatic carbocycles. The van der Waals surface area contributed by atoms with E-state index in [1.165, 1.54) is 35.7 Å². The quantitative estimate of drug-likeness (QED) is 0.856. The van der Waals surface area contributed by atoms with Crippen LogP contribution in [0.4, 0.5) is 5.69 Å². The van der Waals surface area contributed by atoms with Crippen LogP contribution >= 0.6 is 0 Å². The van der Waals surface area contributed by atoms with E-state index in [4.69, 9.17) is 0 Å². The molecule has 1 aromatic heterocycles. The molecule has 1 fully saturated rings. The molecule has 2 aromatic rings. The summed E-state index contributed by atoms with van der Waals surface area (Å²) in [4.78, 5) is 4.23. The minimum Gasteiger partial charge on any atom is -0.381 e. The number of nitrogens with one attached hydrogen (secondary N) is 1. The molecular formula is C15H18N2. The Bertz CT molecular complexity index is 512. The Morgan fingerprint density at radius 1 is 1.35 bits per heavy atom. The highest BCUT2D eigenvalue weighted by Crippen LogP contribution is 2.36. The van der Waals surface area contributed by atoms with E-state index >= 15 is 0 Å². The van der Waals surface area contributed by atoms with Crippen LogP contribution in [0.25, 0.3) is 10.8 Å². The van der Waals surface area contributed by atoms with Crippen molar-refractivity contribution in [3.63, 3.8) is 0 Å². The Hall–Kier alpha value is -1.57. The first-order valence-electron chi connectivity index (χ1n) is 6.47. The lowest BCUT2D eigenvalue weighted by atomic mass is 10.1. The molecule has 0 amide bonds. The smallest absolute Gasteiger partial charge is 0.0437 e. The van der Waals surface area contributed by atoms with E-state index in [9.17, 15) is 0 Å². The molecule has 1 unspecified atom stereocenters. The monoisotopic (exact) mass is 226 g/mol. The molecule has 17 heavy (non-hydrogen) atoms. The maximum Gasteiger partial charge on any atom is 0.0437 e. The van der Waals surface area contributed by atoms with Gasteiger partial charge in [-0.1, -0.05) is 19.1 Å². The summed E-state index contributed by atoms with van der Waals surface area (Å²) in [7, 11) is 0. The fraction of sp³-hybridized carbons (Fsp3) is 0.400. The summed E-state index contributed by atoms with van der Waals surface area (Å²) in [5.74, 6) is 0.881. The number of nitrogens with zero attached hydrogens (tertiary/aromatic N) is 1. The fourth-order valence-electron chi connectivity index (χ4n) is 2.49. The predicted molar refractivity (Wildman–Crippen MR) is 72.2 cm³/mol. The summed E-state index contributed by atoms with van der Waals surface area (Å²) in [6.45, 7) is 2.26. The molecule has 0 spiro atoms. The maximum absolute atomic E-state index is 4.23. The van der Waals surface area contributed by atoms with Crippen molar-refractivity contribution in [2.75, 3.05) is 5.32 Å². The highest BCUT2D eigenvalue weighted by molar-refractivity contribution is 5.93. The van der Waals surface area contributed by atoms with E-state index in [1.54, 1.807) is 0 Å². The molecule has 1 heterocycles. The number of rotatable bonds is 4. The van der Waals surface area contributed by atoms with Gasteiger partial charge in [-0.3, -0.25) is 4.98 Å². The second-order valence-corrected chi connectivity index (χ2v) is 4.90. The third-order valence-electron chi connectivity index (χ3n) is 3.66. The van der Waals surface area contributed by atoms with Crippen molar-refractivity contribution in [1.82, 2.24) is 4.98 Å². The van der Waals surface area contributed by atoms with Crippen LogP contribution in [-0.2, 0) is 0 Å². The largest absolute Gasteiger partial charge is 0.381 e. The second kappa shape index (κ2) is 4.36. The molecule has 3 rings (SSSR count). The summed E-state index contributed by atoms with van der Waals surface area (Å²) >= 11 is 0. The normalized spacial score (nSPS) is 17.0. The maximum atomic E-state index is 4.23. The Labute approximate surface area is 102 Å². The van der Waals surface area contributed by atoms with Gasteiger partial charge in [0.2, 0.25) is 0 Å². The zero-order chi connectivity index (χ0) is 11.7. The number of hydrogen-bond acceptors (Lipinski definition) is 2. The first-order chi connectivity index (χ1) is 8.38. The van der Waals surface area contributed by atoms with E-state index in [1.807, 2.05) is 12.4 Å². The zero-order valence-corrected chi connectivity index (χ0v) is 10.2. The average Bonchev–Trinajstić information content (AvgIpc) is 3.20. The van der Waals surface area contributed by atoms with E-state index in [-0.39, 0.29) is 0 Å². The molecule has 88 valence electrons. The SMILES string of the molecule is CCC(Nc1cccc2ccncc12)C1CC1.